The Kier molecular flexibility index (Phi) is 8.08. The molecule has 0 aliphatic carbocycles. The van der Waals surface area contributed by atoms with E-state index in [9.17, 15) is 13.2 Å². The summed E-state index contributed by atoms with van der Waals surface area (Å²) in [5, 5.41) is 3.03. The number of carbonyl (C=O) groups is 1. The van der Waals surface area contributed by atoms with E-state index in [0.29, 0.717) is 12.1 Å². The van der Waals surface area contributed by atoms with E-state index < -0.39 is 10.0 Å². The Balaban J connectivity index is 1.94. The fourth-order valence-corrected chi connectivity index (χ4v) is 4.07. The van der Waals surface area contributed by atoms with Crippen molar-refractivity contribution >= 4 is 21.6 Å². The Morgan fingerprint density at radius 1 is 1.10 bits per heavy atom. The number of hydrogen-bond acceptors (Lipinski definition) is 4. The van der Waals surface area contributed by atoms with Gasteiger partial charge in [0.15, 0.2) is 0 Å². The van der Waals surface area contributed by atoms with Gasteiger partial charge in [-0.15, -0.1) is 0 Å². The lowest BCUT2D eigenvalue weighted by Crippen LogP contribution is -2.33. The number of nitrogens with one attached hydrogen (secondary N) is 1. The first kappa shape index (κ1) is 22.7. The van der Waals surface area contributed by atoms with E-state index in [-0.39, 0.29) is 24.9 Å². The fourth-order valence-electron chi connectivity index (χ4n) is 3.10. The smallest absolute Gasteiger partial charge is 0.232 e. The van der Waals surface area contributed by atoms with Crippen LogP contribution in [0.3, 0.4) is 0 Å². The van der Waals surface area contributed by atoms with Crippen LogP contribution in [0.15, 0.2) is 48.5 Å². The van der Waals surface area contributed by atoms with Crippen LogP contribution in [0.1, 0.15) is 43.4 Å². The molecule has 2 aromatic carbocycles. The highest BCUT2D eigenvalue weighted by Crippen LogP contribution is 2.21. The molecule has 7 heteroatoms. The van der Waals surface area contributed by atoms with E-state index in [0.717, 1.165) is 23.3 Å². The first-order valence-corrected chi connectivity index (χ1v) is 11.6. The van der Waals surface area contributed by atoms with Gasteiger partial charge in [-0.05, 0) is 49.6 Å². The van der Waals surface area contributed by atoms with Gasteiger partial charge in [-0.2, -0.15) is 0 Å². The first-order chi connectivity index (χ1) is 13.7. The topological polar surface area (TPSA) is 75.7 Å². The van der Waals surface area contributed by atoms with Crippen LogP contribution in [0.2, 0.25) is 0 Å². The third-order valence-corrected chi connectivity index (χ3v) is 5.94. The average molecular weight is 419 g/mol. The van der Waals surface area contributed by atoms with Crippen LogP contribution in [0.4, 0.5) is 5.69 Å². The number of rotatable bonds is 10. The normalized spacial score (nSPS) is 12.3. The second kappa shape index (κ2) is 10.3. The summed E-state index contributed by atoms with van der Waals surface area (Å²) in [5.74, 6) is 0.678. The zero-order valence-corrected chi connectivity index (χ0v) is 18.3. The number of aryl methyl sites for hydroxylation is 1. The third-order valence-electron chi connectivity index (χ3n) is 4.75. The molecule has 0 saturated carbocycles. The summed E-state index contributed by atoms with van der Waals surface area (Å²) in [4.78, 5) is 12.4. The zero-order valence-electron chi connectivity index (χ0n) is 17.5. The molecule has 0 radical (unpaired) electrons. The summed E-state index contributed by atoms with van der Waals surface area (Å²) in [7, 11) is -1.80. The summed E-state index contributed by atoms with van der Waals surface area (Å²) < 4.78 is 30.9. The molecule has 2 rings (SSSR count). The van der Waals surface area contributed by atoms with Crippen LogP contribution in [0.5, 0.6) is 5.75 Å². The fraction of sp³-hybridized carbons (Fsp3) is 0.409. The van der Waals surface area contributed by atoms with Gasteiger partial charge >= 0.3 is 0 Å². The molecule has 0 aromatic heterocycles. The summed E-state index contributed by atoms with van der Waals surface area (Å²) in [5.41, 5.74) is 2.69. The summed E-state index contributed by atoms with van der Waals surface area (Å²) in [6, 6.07) is 14.9. The van der Waals surface area contributed by atoms with Crippen molar-refractivity contribution in [3.8, 4) is 5.75 Å². The number of carbonyl (C=O) groups excluding carboxylic acids is 1. The molecule has 0 aliphatic heterocycles. The number of hydrogen-bond donors (Lipinski definition) is 1. The van der Waals surface area contributed by atoms with E-state index in [1.54, 1.807) is 19.2 Å². The zero-order chi connectivity index (χ0) is 21.4. The lowest BCUT2D eigenvalue weighted by molar-refractivity contribution is -0.121. The third kappa shape index (κ3) is 6.78. The van der Waals surface area contributed by atoms with Crippen LogP contribution >= 0.6 is 0 Å². The summed E-state index contributed by atoms with van der Waals surface area (Å²) in [6.07, 6.45) is 2.64. The quantitative estimate of drug-likeness (QED) is 0.636. The Labute approximate surface area is 173 Å². The predicted octanol–water partition coefficient (Wildman–Crippen LogP) is 3.82. The van der Waals surface area contributed by atoms with Gasteiger partial charge in [-0.3, -0.25) is 9.10 Å². The van der Waals surface area contributed by atoms with Crippen molar-refractivity contribution in [3.63, 3.8) is 0 Å². The van der Waals surface area contributed by atoms with E-state index in [1.807, 2.05) is 50.2 Å². The van der Waals surface area contributed by atoms with Gasteiger partial charge in [-0.1, -0.05) is 36.8 Å². The number of methoxy groups -OCH3 is 1. The van der Waals surface area contributed by atoms with Crippen molar-refractivity contribution in [1.82, 2.24) is 5.32 Å². The number of benzene rings is 2. The molecule has 29 heavy (non-hydrogen) atoms. The van der Waals surface area contributed by atoms with Crippen molar-refractivity contribution in [2.24, 2.45) is 0 Å². The molecule has 1 N–H and O–H groups in total. The number of ether oxygens (including phenoxy) is 1. The minimum absolute atomic E-state index is 0.0866. The lowest BCUT2D eigenvalue weighted by atomic mass is 10.0. The maximum atomic E-state index is 12.4. The largest absolute Gasteiger partial charge is 0.497 e. The number of amides is 1. The van der Waals surface area contributed by atoms with Crippen LogP contribution in [-0.2, 0) is 14.8 Å². The molecule has 0 heterocycles. The molecule has 0 unspecified atom stereocenters. The second-order valence-corrected chi connectivity index (χ2v) is 8.98. The molecule has 2 aromatic rings. The highest BCUT2D eigenvalue weighted by Gasteiger charge is 2.18. The van der Waals surface area contributed by atoms with Gasteiger partial charge in [0.25, 0.3) is 0 Å². The number of anilines is 1. The monoisotopic (exact) mass is 418 g/mol. The van der Waals surface area contributed by atoms with Crippen molar-refractivity contribution in [1.29, 1.82) is 0 Å². The molecule has 158 valence electrons. The van der Waals surface area contributed by atoms with E-state index >= 15 is 0 Å². The Morgan fingerprint density at radius 2 is 1.72 bits per heavy atom. The van der Waals surface area contributed by atoms with E-state index in [4.69, 9.17) is 4.74 Å². The highest BCUT2D eigenvalue weighted by molar-refractivity contribution is 7.92. The minimum atomic E-state index is -3.42. The molecule has 0 bridgehead atoms. The summed E-state index contributed by atoms with van der Waals surface area (Å²) in [6.45, 7) is 4.22. The average Bonchev–Trinajstić information content (AvgIpc) is 2.69. The molecular weight excluding hydrogens is 388 g/mol. The first-order valence-electron chi connectivity index (χ1n) is 9.72. The van der Waals surface area contributed by atoms with Gasteiger partial charge in [0.2, 0.25) is 15.9 Å². The van der Waals surface area contributed by atoms with Crippen LogP contribution in [-0.4, -0.2) is 34.2 Å². The van der Waals surface area contributed by atoms with Crippen molar-refractivity contribution < 1.29 is 17.9 Å². The number of nitrogens with zero attached hydrogens (tertiary/aromatic N) is 1. The van der Waals surface area contributed by atoms with Crippen molar-refractivity contribution in [2.45, 2.75) is 39.2 Å². The molecule has 1 atom stereocenters. The van der Waals surface area contributed by atoms with Gasteiger partial charge in [0.1, 0.15) is 5.75 Å². The van der Waals surface area contributed by atoms with Crippen LogP contribution in [0, 0.1) is 6.92 Å². The Hall–Kier alpha value is -2.54. The molecule has 6 nitrogen and oxygen atoms in total. The lowest BCUT2D eigenvalue weighted by Gasteiger charge is -2.23. The maximum absolute atomic E-state index is 12.4. The standard InChI is InChI=1S/C22H30N2O4S/c1-5-21(18-10-14-20(28-3)15-11-18)23-22(25)7-6-16-24(29(4,26)27)19-12-8-17(2)9-13-19/h8-15,21H,5-7,16H2,1-4H3,(H,23,25)/t21-/m0/s1. The minimum Gasteiger partial charge on any atom is -0.497 e. The molecule has 1 amide bonds. The Bertz CT molecular complexity index is 893. The van der Waals surface area contributed by atoms with Crippen molar-refractivity contribution in [2.75, 3.05) is 24.2 Å². The molecular formula is C22H30N2O4S. The van der Waals surface area contributed by atoms with Gasteiger partial charge < -0.3 is 10.1 Å². The summed E-state index contributed by atoms with van der Waals surface area (Å²) >= 11 is 0. The van der Waals surface area contributed by atoms with E-state index in [2.05, 4.69) is 5.32 Å². The predicted molar refractivity (Wildman–Crippen MR) is 117 cm³/mol. The second-order valence-electron chi connectivity index (χ2n) is 7.08. The van der Waals surface area contributed by atoms with Crippen LogP contribution in [0.25, 0.3) is 0 Å². The van der Waals surface area contributed by atoms with Crippen LogP contribution < -0.4 is 14.4 Å². The molecule has 0 aliphatic rings. The van der Waals surface area contributed by atoms with E-state index in [1.165, 1.54) is 10.6 Å². The number of sulfonamides is 1. The van der Waals surface area contributed by atoms with Gasteiger partial charge in [0, 0.05) is 13.0 Å². The molecule has 0 saturated heterocycles. The Morgan fingerprint density at radius 3 is 2.24 bits per heavy atom. The molecule has 0 spiro atoms. The maximum Gasteiger partial charge on any atom is 0.232 e. The van der Waals surface area contributed by atoms with Gasteiger partial charge in [-0.25, -0.2) is 8.42 Å². The molecule has 0 fully saturated rings. The SMILES string of the molecule is CC[C@H](NC(=O)CCCN(c1ccc(C)cc1)S(C)(=O)=O)c1ccc(OC)cc1. The highest BCUT2D eigenvalue weighted by atomic mass is 32.2. The van der Waals surface area contributed by atoms with Gasteiger partial charge in [0.05, 0.1) is 25.1 Å². The van der Waals surface area contributed by atoms with Crippen molar-refractivity contribution in [3.05, 3.63) is 59.7 Å².